The van der Waals surface area contributed by atoms with Gasteiger partial charge in [-0.2, -0.15) is 9.80 Å². The molecule has 1 fully saturated rings. The van der Waals surface area contributed by atoms with E-state index in [0.29, 0.717) is 36.0 Å². The van der Waals surface area contributed by atoms with Crippen LogP contribution in [0.25, 0.3) is 0 Å². The first-order chi connectivity index (χ1) is 9.44. The number of carbonyl (C=O) groups excluding carboxylic acids is 4. The molecule has 1 aliphatic rings. The average Bonchev–Trinajstić information content (AvgIpc) is 2.41. The Morgan fingerprint density at radius 2 is 1.00 bits per heavy atom. The van der Waals surface area contributed by atoms with E-state index in [1.165, 1.54) is 9.80 Å². The molecule has 0 N–H and O–H groups in total. The third kappa shape index (κ3) is 2.45. The minimum Gasteiger partial charge on any atom is -0.324 e. The molecule has 112 valence electrons. The van der Waals surface area contributed by atoms with Gasteiger partial charge >= 0.3 is 24.1 Å². The van der Waals surface area contributed by atoms with Gasteiger partial charge in [0.25, 0.3) is 0 Å². The molecule has 1 heterocycles. The standard InChI is InChI=1S/C12H20N4O4/c1-5-13(6-2)9(17)15-11(19)16(12(15)20)10(18)14(7-3)8-4/h5-8H2,1-4H3. The van der Waals surface area contributed by atoms with Crippen LogP contribution < -0.4 is 0 Å². The first kappa shape index (κ1) is 15.9. The molecule has 8 heteroatoms. The van der Waals surface area contributed by atoms with Gasteiger partial charge < -0.3 is 9.80 Å². The highest BCUT2D eigenvalue weighted by atomic mass is 16.3. The lowest BCUT2D eigenvalue weighted by Gasteiger charge is -2.39. The van der Waals surface area contributed by atoms with Gasteiger partial charge in [0.05, 0.1) is 0 Å². The van der Waals surface area contributed by atoms with Crippen LogP contribution in [-0.2, 0) is 0 Å². The summed E-state index contributed by atoms with van der Waals surface area (Å²) >= 11 is 0. The SMILES string of the molecule is CCN(CC)C(=O)N1C(=O)N(C(=O)N(CC)CC)C1=O. The van der Waals surface area contributed by atoms with E-state index in [1.54, 1.807) is 27.7 Å². The van der Waals surface area contributed by atoms with Crippen LogP contribution in [0, 0.1) is 0 Å². The lowest BCUT2D eigenvalue weighted by Crippen LogP contribution is -2.71. The molecule has 0 aliphatic carbocycles. The van der Waals surface area contributed by atoms with Gasteiger partial charge in [-0.15, -0.1) is 0 Å². The smallest absolute Gasteiger partial charge is 0.324 e. The lowest BCUT2D eigenvalue weighted by atomic mass is 10.4. The highest BCUT2D eigenvalue weighted by Crippen LogP contribution is 2.20. The molecule has 0 spiro atoms. The summed E-state index contributed by atoms with van der Waals surface area (Å²) in [5.74, 6) is 0. The van der Waals surface area contributed by atoms with Gasteiger partial charge in [-0.3, -0.25) is 0 Å². The normalized spacial score (nSPS) is 14.2. The summed E-state index contributed by atoms with van der Waals surface area (Å²) in [5, 5.41) is 0. The van der Waals surface area contributed by atoms with Crippen molar-refractivity contribution in [2.75, 3.05) is 26.2 Å². The molecule has 1 saturated heterocycles. The predicted molar refractivity (Wildman–Crippen MR) is 71.1 cm³/mol. The monoisotopic (exact) mass is 284 g/mol. The summed E-state index contributed by atoms with van der Waals surface area (Å²) in [6, 6.07) is -3.14. The van der Waals surface area contributed by atoms with Crippen molar-refractivity contribution in [1.29, 1.82) is 0 Å². The van der Waals surface area contributed by atoms with Crippen molar-refractivity contribution in [1.82, 2.24) is 19.6 Å². The Kier molecular flexibility index (Phi) is 5.06. The molecule has 20 heavy (non-hydrogen) atoms. The van der Waals surface area contributed by atoms with Gasteiger partial charge in [0.1, 0.15) is 0 Å². The molecule has 0 radical (unpaired) electrons. The fraction of sp³-hybridized carbons (Fsp3) is 0.667. The molecular formula is C12H20N4O4. The first-order valence-electron chi connectivity index (χ1n) is 6.70. The zero-order chi connectivity index (χ0) is 15.4. The summed E-state index contributed by atoms with van der Waals surface area (Å²) in [7, 11) is 0. The Morgan fingerprint density at radius 1 is 0.750 bits per heavy atom. The Labute approximate surface area is 117 Å². The number of nitrogens with zero attached hydrogens (tertiary/aromatic N) is 4. The molecule has 0 saturated carbocycles. The van der Waals surface area contributed by atoms with Crippen molar-refractivity contribution in [3.63, 3.8) is 0 Å². The zero-order valence-electron chi connectivity index (χ0n) is 12.3. The van der Waals surface area contributed by atoms with E-state index in [-0.39, 0.29) is 0 Å². The third-order valence-corrected chi connectivity index (χ3v) is 3.22. The highest BCUT2D eigenvalue weighted by Gasteiger charge is 2.53. The maximum absolute atomic E-state index is 11.9. The molecule has 1 aliphatic heterocycles. The molecular weight excluding hydrogens is 264 g/mol. The molecule has 8 nitrogen and oxygen atoms in total. The largest absolute Gasteiger partial charge is 0.353 e. The van der Waals surface area contributed by atoms with E-state index >= 15 is 0 Å². The van der Waals surface area contributed by atoms with Gasteiger partial charge in [0.15, 0.2) is 0 Å². The fourth-order valence-electron chi connectivity index (χ4n) is 1.92. The molecule has 1 rings (SSSR count). The Morgan fingerprint density at radius 3 is 1.20 bits per heavy atom. The van der Waals surface area contributed by atoms with Crippen LogP contribution in [-0.4, -0.2) is 69.9 Å². The quantitative estimate of drug-likeness (QED) is 0.787. The van der Waals surface area contributed by atoms with Crippen LogP contribution in [0.5, 0.6) is 0 Å². The molecule has 0 aromatic carbocycles. The van der Waals surface area contributed by atoms with Gasteiger partial charge in [0, 0.05) is 26.2 Å². The third-order valence-electron chi connectivity index (χ3n) is 3.22. The molecule has 0 bridgehead atoms. The molecule has 0 unspecified atom stereocenters. The first-order valence-corrected chi connectivity index (χ1v) is 6.70. The number of imide groups is 6. The van der Waals surface area contributed by atoms with E-state index in [4.69, 9.17) is 0 Å². The predicted octanol–water partition coefficient (Wildman–Crippen LogP) is 1.77. The fourth-order valence-corrected chi connectivity index (χ4v) is 1.92. The van der Waals surface area contributed by atoms with Crippen LogP contribution in [0.1, 0.15) is 27.7 Å². The van der Waals surface area contributed by atoms with Crippen molar-refractivity contribution in [2.24, 2.45) is 0 Å². The second-order valence-corrected chi connectivity index (χ2v) is 4.15. The topological polar surface area (TPSA) is 81.2 Å². The number of carbonyl (C=O) groups is 4. The second-order valence-electron chi connectivity index (χ2n) is 4.15. The minimum atomic E-state index is -0.885. The number of hydrogen-bond acceptors (Lipinski definition) is 4. The van der Waals surface area contributed by atoms with E-state index in [1.807, 2.05) is 0 Å². The molecule has 0 atom stereocenters. The van der Waals surface area contributed by atoms with Gasteiger partial charge in [-0.25, -0.2) is 19.2 Å². The van der Waals surface area contributed by atoms with Gasteiger partial charge in [0.2, 0.25) is 0 Å². The number of hydrogen-bond donors (Lipinski definition) is 0. The number of rotatable bonds is 4. The van der Waals surface area contributed by atoms with Crippen molar-refractivity contribution in [2.45, 2.75) is 27.7 Å². The zero-order valence-corrected chi connectivity index (χ0v) is 12.3. The maximum Gasteiger partial charge on any atom is 0.353 e. The lowest BCUT2D eigenvalue weighted by molar-refractivity contribution is 0.0995. The summed E-state index contributed by atoms with van der Waals surface area (Å²) in [5.41, 5.74) is 0. The Balaban J connectivity index is 2.82. The van der Waals surface area contributed by atoms with E-state index in [2.05, 4.69) is 0 Å². The van der Waals surface area contributed by atoms with Crippen molar-refractivity contribution in [3.05, 3.63) is 0 Å². The Hall–Kier alpha value is -2.12. The van der Waals surface area contributed by atoms with E-state index in [0.717, 1.165) is 0 Å². The number of urea groups is 4. The second kappa shape index (κ2) is 6.36. The summed E-state index contributed by atoms with van der Waals surface area (Å²) in [6.07, 6.45) is 0. The highest BCUT2D eigenvalue weighted by molar-refractivity contribution is 6.29. The molecule has 0 aromatic heterocycles. The minimum absolute atomic E-state index is 0.385. The maximum atomic E-state index is 11.9. The van der Waals surface area contributed by atoms with Crippen LogP contribution in [0.15, 0.2) is 0 Å². The summed E-state index contributed by atoms with van der Waals surface area (Å²) in [4.78, 5) is 51.3. The summed E-state index contributed by atoms with van der Waals surface area (Å²) in [6.45, 7) is 8.52. The van der Waals surface area contributed by atoms with Crippen LogP contribution in [0.2, 0.25) is 0 Å². The molecule has 0 aromatic rings. The van der Waals surface area contributed by atoms with Crippen molar-refractivity contribution >= 4 is 24.1 Å². The molecule has 8 amide bonds. The Bertz CT molecular complexity index is 377. The van der Waals surface area contributed by atoms with Crippen LogP contribution in [0.3, 0.4) is 0 Å². The van der Waals surface area contributed by atoms with Crippen molar-refractivity contribution in [3.8, 4) is 0 Å². The number of amides is 8. The average molecular weight is 284 g/mol. The van der Waals surface area contributed by atoms with E-state index < -0.39 is 24.1 Å². The summed E-state index contributed by atoms with van der Waals surface area (Å²) < 4.78 is 0. The van der Waals surface area contributed by atoms with Crippen LogP contribution >= 0.6 is 0 Å². The van der Waals surface area contributed by atoms with Gasteiger partial charge in [-0.05, 0) is 27.7 Å². The van der Waals surface area contributed by atoms with Gasteiger partial charge in [-0.1, -0.05) is 0 Å². The van der Waals surface area contributed by atoms with Crippen molar-refractivity contribution < 1.29 is 19.2 Å². The van der Waals surface area contributed by atoms with Crippen LogP contribution in [0.4, 0.5) is 19.2 Å². The van der Waals surface area contributed by atoms with E-state index in [9.17, 15) is 19.2 Å².